The Bertz CT molecular complexity index is 1570. The highest BCUT2D eigenvalue weighted by atomic mass is 16.7. The second-order valence-electron chi connectivity index (χ2n) is 9.13. The minimum atomic E-state index is -1.34. The minimum Gasteiger partial charge on any atom is -0.508 e. The van der Waals surface area contributed by atoms with Gasteiger partial charge in [-0.1, -0.05) is 54.6 Å². The SMILES string of the molecule is O=C(OC[C@@H]1O[C@@H](n2ccc(O)cc2=O)[C@@H](OC(=O)c2ccccc2)[C@H]1OC(=O)c1ccccc1)c1ccccc1. The third-order valence-electron chi connectivity index (χ3n) is 6.38. The van der Waals surface area contributed by atoms with E-state index in [0.29, 0.717) is 5.56 Å². The van der Waals surface area contributed by atoms with Gasteiger partial charge in [0.15, 0.2) is 18.4 Å². The van der Waals surface area contributed by atoms with E-state index >= 15 is 0 Å². The van der Waals surface area contributed by atoms with Crippen LogP contribution in [-0.4, -0.2) is 52.5 Å². The van der Waals surface area contributed by atoms with Crippen LogP contribution in [0.3, 0.4) is 0 Å². The van der Waals surface area contributed by atoms with Gasteiger partial charge in [0.25, 0.3) is 5.56 Å². The van der Waals surface area contributed by atoms with Gasteiger partial charge in [-0.25, -0.2) is 14.4 Å². The molecule has 0 bridgehead atoms. The molecule has 208 valence electrons. The van der Waals surface area contributed by atoms with Crippen molar-refractivity contribution in [3.8, 4) is 5.75 Å². The van der Waals surface area contributed by atoms with Crippen molar-refractivity contribution in [2.45, 2.75) is 24.5 Å². The van der Waals surface area contributed by atoms with E-state index < -0.39 is 48.0 Å². The van der Waals surface area contributed by atoms with Crippen LogP contribution in [0.5, 0.6) is 5.75 Å². The summed E-state index contributed by atoms with van der Waals surface area (Å²) >= 11 is 0. The minimum absolute atomic E-state index is 0.219. The van der Waals surface area contributed by atoms with Gasteiger partial charge in [-0.15, -0.1) is 0 Å². The highest BCUT2D eigenvalue weighted by Gasteiger charge is 2.51. The van der Waals surface area contributed by atoms with Crippen molar-refractivity contribution in [2.24, 2.45) is 0 Å². The van der Waals surface area contributed by atoms with Gasteiger partial charge in [0.1, 0.15) is 18.5 Å². The number of pyridine rings is 1. The standard InChI is InChI=1S/C31H25NO9/c33-23-16-17-32(25(34)18-23)28-27(41-31(37)22-14-8-3-9-15-22)26(40-30(36)21-12-6-2-7-13-21)24(39-28)19-38-29(35)20-10-4-1-5-11-20/h1-18,24,26-28,33H,19H2/t24-,26-,27-,28+/m0/s1. The van der Waals surface area contributed by atoms with Gasteiger partial charge in [0.05, 0.1) is 16.7 Å². The lowest BCUT2D eigenvalue weighted by molar-refractivity contribution is -0.0635. The Kier molecular flexibility index (Phi) is 8.21. The lowest BCUT2D eigenvalue weighted by Gasteiger charge is -2.25. The van der Waals surface area contributed by atoms with Crippen molar-refractivity contribution in [3.05, 3.63) is 136 Å². The maximum Gasteiger partial charge on any atom is 0.338 e. The number of benzene rings is 3. The van der Waals surface area contributed by atoms with Crippen LogP contribution in [0.4, 0.5) is 0 Å². The van der Waals surface area contributed by atoms with Gasteiger partial charge in [-0.05, 0) is 42.5 Å². The van der Waals surface area contributed by atoms with Crippen molar-refractivity contribution < 1.29 is 38.4 Å². The first-order valence-corrected chi connectivity index (χ1v) is 12.7. The van der Waals surface area contributed by atoms with Crippen LogP contribution in [-0.2, 0) is 18.9 Å². The predicted molar refractivity (Wildman–Crippen MR) is 144 cm³/mol. The number of carbonyl (C=O) groups is 3. The maximum absolute atomic E-state index is 13.1. The molecule has 10 heteroatoms. The fraction of sp³-hybridized carbons (Fsp3) is 0.161. The maximum atomic E-state index is 13.1. The Morgan fingerprint density at radius 2 is 1.20 bits per heavy atom. The van der Waals surface area contributed by atoms with E-state index in [1.807, 2.05) is 0 Å². The van der Waals surface area contributed by atoms with E-state index in [2.05, 4.69) is 0 Å². The first kappa shape index (κ1) is 27.4. The molecule has 0 unspecified atom stereocenters. The smallest absolute Gasteiger partial charge is 0.338 e. The second kappa shape index (κ2) is 12.3. The molecule has 0 aliphatic carbocycles. The summed E-state index contributed by atoms with van der Waals surface area (Å²) < 4.78 is 24.3. The molecule has 41 heavy (non-hydrogen) atoms. The molecule has 0 radical (unpaired) electrons. The van der Waals surface area contributed by atoms with Crippen molar-refractivity contribution in [2.75, 3.05) is 6.61 Å². The summed E-state index contributed by atoms with van der Waals surface area (Å²) in [5, 5.41) is 9.78. The van der Waals surface area contributed by atoms with Gasteiger partial charge >= 0.3 is 17.9 Å². The van der Waals surface area contributed by atoms with Gasteiger partial charge in [-0.3, -0.25) is 9.36 Å². The van der Waals surface area contributed by atoms with Crippen LogP contribution in [0.25, 0.3) is 0 Å². The summed E-state index contributed by atoms with van der Waals surface area (Å²) in [6.45, 7) is -0.386. The fourth-order valence-electron chi connectivity index (χ4n) is 4.37. The quantitative estimate of drug-likeness (QED) is 0.255. The monoisotopic (exact) mass is 555 g/mol. The Balaban J connectivity index is 1.49. The molecule has 1 aliphatic rings. The van der Waals surface area contributed by atoms with Crippen molar-refractivity contribution in [1.82, 2.24) is 4.57 Å². The van der Waals surface area contributed by atoms with Gasteiger partial charge < -0.3 is 24.1 Å². The molecule has 10 nitrogen and oxygen atoms in total. The Hall–Kier alpha value is -5.22. The second-order valence-corrected chi connectivity index (χ2v) is 9.13. The van der Waals surface area contributed by atoms with Gasteiger partial charge in [0.2, 0.25) is 0 Å². The summed E-state index contributed by atoms with van der Waals surface area (Å²) in [5.74, 6) is -2.41. The van der Waals surface area contributed by atoms with E-state index in [4.69, 9.17) is 18.9 Å². The largest absolute Gasteiger partial charge is 0.508 e. The molecular formula is C31H25NO9. The molecule has 0 amide bonds. The molecule has 1 aliphatic heterocycles. The highest BCUT2D eigenvalue weighted by molar-refractivity contribution is 5.91. The fourth-order valence-corrected chi connectivity index (χ4v) is 4.37. The highest BCUT2D eigenvalue weighted by Crippen LogP contribution is 2.35. The van der Waals surface area contributed by atoms with Crippen molar-refractivity contribution in [3.63, 3.8) is 0 Å². The first-order chi connectivity index (χ1) is 19.9. The van der Waals surface area contributed by atoms with Crippen LogP contribution in [0, 0.1) is 0 Å². The van der Waals surface area contributed by atoms with Gasteiger partial charge in [-0.2, -0.15) is 0 Å². The molecule has 4 atom stereocenters. The summed E-state index contributed by atoms with van der Waals surface area (Å²) in [6, 6.07) is 26.8. The van der Waals surface area contributed by atoms with Crippen LogP contribution >= 0.6 is 0 Å². The molecule has 4 aromatic rings. The molecule has 1 saturated heterocycles. The lowest BCUT2D eigenvalue weighted by Crippen LogP contribution is -2.42. The third-order valence-corrected chi connectivity index (χ3v) is 6.38. The molecule has 0 spiro atoms. The number of rotatable bonds is 8. The van der Waals surface area contributed by atoms with E-state index in [0.717, 1.165) is 10.6 Å². The van der Waals surface area contributed by atoms with Gasteiger partial charge in [0, 0.05) is 12.3 Å². The zero-order valence-corrected chi connectivity index (χ0v) is 21.6. The van der Waals surface area contributed by atoms with Crippen LogP contribution < -0.4 is 5.56 Å². The Labute approximate surface area is 234 Å². The third kappa shape index (κ3) is 6.34. The predicted octanol–water partition coefficient (Wildman–Crippen LogP) is 3.76. The number of esters is 3. The zero-order chi connectivity index (χ0) is 28.8. The molecule has 2 heterocycles. The molecule has 1 fully saturated rings. The summed E-state index contributed by atoms with van der Waals surface area (Å²) in [4.78, 5) is 51.8. The number of ether oxygens (including phenoxy) is 4. The van der Waals surface area contributed by atoms with E-state index in [9.17, 15) is 24.3 Å². The van der Waals surface area contributed by atoms with Crippen molar-refractivity contribution in [1.29, 1.82) is 0 Å². The van der Waals surface area contributed by atoms with E-state index in [1.165, 1.54) is 12.3 Å². The molecule has 1 aromatic heterocycles. The molecular weight excluding hydrogens is 530 g/mol. The lowest BCUT2D eigenvalue weighted by atomic mass is 10.1. The van der Waals surface area contributed by atoms with Crippen LogP contribution in [0.1, 0.15) is 37.3 Å². The Morgan fingerprint density at radius 1 is 0.707 bits per heavy atom. The number of hydrogen-bond donors (Lipinski definition) is 1. The number of hydrogen-bond acceptors (Lipinski definition) is 9. The molecule has 3 aromatic carbocycles. The van der Waals surface area contributed by atoms with E-state index in [-0.39, 0.29) is 23.5 Å². The number of carbonyl (C=O) groups excluding carboxylic acids is 3. The van der Waals surface area contributed by atoms with Crippen LogP contribution in [0.15, 0.2) is 114 Å². The molecule has 5 rings (SSSR count). The average Bonchev–Trinajstić information content (AvgIpc) is 3.33. The summed E-state index contributed by atoms with van der Waals surface area (Å²) in [5.41, 5.74) is 0.0785. The van der Waals surface area contributed by atoms with Crippen LogP contribution in [0.2, 0.25) is 0 Å². The number of nitrogens with zero attached hydrogens (tertiary/aromatic N) is 1. The normalized spacial score (nSPS) is 19.7. The number of aromatic nitrogens is 1. The zero-order valence-electron chi connectivity index (χ0n) is 21.6. The number of aromatic hydroxyl groups is 1. The molecule has 1 N–H and O–H groups in total. The summed E-state index contributed by atoms with van der Waals surface area (Å²) in [6.07, 6.45) is -3.78. The van der Waals surface area contributed by atoms with E-state index in [1.54, 1.807) is 91.0 Å². The molecule has 0 saturated carbocycles. The van der Waals surface area contributed by atoms with Crippen molar-refractivity contribution >= 4 is 17.9 Å². The Morgan fingerprint density at radius 3 is 1.71 bits per heavy atom. The first-order valence-electron chi connectivity index (χ1n) is 12.7. The average molecular weight is 556 g/mol. The topological polar surface area (TPSA) is 130 Å². The summed E-state index contributed by atoms with van der Waals surface area (Å²) in [7, 11) is 0.